The summed E-state index contributed by atoms with van der Waals surface area (Å²) in [5.74, 6) is 0.694. The Balaban J connectivity index is 1.90. The molecule has 168 valence electrons. The number of fused-ring (bicyclic) bond motifs is 2. The Morgan fingerprint density at radius 3 is 2.39 bits per heavy atom. The van der Waals surface area contributed by atoms with Crippen molar-refractivity contribution in [3.8, 4) is 11.5 Å². The van der Waals surface area contributed by atoms with Crippen molar-refractivity contribution in [2.75, 3.05) is 11.1 Å². The molecule has 0 aromatic heterocycles. The molecular weight excluding hydrogens is 446 g/mol. The van der Waals surface area contributed by atoms with Crippen LogP contribution in [0.5, 0.6) is 11.5 Å². The lowest BCUT2D eigenvalue weighted by atomic mass is 9.97. The summed E-state index contributed by atoms with van der Waals surface area (Å²) in [6, 6.07) is 16.8. The normalized spacial score (nSPS) is 15.9. The van der Waals surface area contributed by atoms with Gasteiger partial charge in [-0.2, -0.15) is 0 Å². The molecule has 0 saturated heterocycles. The van der Waals surface area contributed by atoms with Crippen molar-refractivity contribution in [1.82, 2.24) is 0 Å². The summed E-state index contributed by atoms with van der Waals surface area (Å²) in [5, 5.41) is 9.58. The van der Waals surface area contributed by atoms with E-state index in [0.717, 1.165) is 4.31 Å². The lowest BCUT2D eigenvalue weighted by molar-refractivity contribution is 0.119. The number of benzene rings is 3. The van der Waals surface area contributed by atoms with Crippen molar-refractivity contribution in [2.24, 2.45) is 0 Å². The predicted octanol–water partition coefficient (Wildman–Crippen LogP) is 4.65. The minimum Gasteiger partial charge on any atom is -0.454 e. The molecule has 5 rings (SSSR count). The lowest BCUT2D eigenvalue weighted by Crippen LogP contribution is -2.37. The molecule has 8 nitrogen and oxygen atoms in total. The number of carbonyl (C=O) groups is 1. The first-order chi connectivity index (χ1) is 15.8. The SMILES string of the molecule is Cc1cccc(C)c1N1C(OC(=O)O)=C(c2ccc3c(c2)OCO3)c2ccccc2S1(=O)=O. The Kier molecular flexibility index (Phi) is 4.79. The van der Waals surface area contributed by atoms with Gasteiger partial charge in [-0.1, -0.05) is 42.5 Å². The van der Waals surface area contributed by atoms with E-state index in [1.165, 1.54) is 6.07 Å². The summed E-state index contributed by atoms with van der Waals surface area (Å²) in [6.45, 7) is 3.59. The van der Waals surface area contributed by atoms with Crippen molar-refractivity contribution in [3.63, 3.8) is 0 Å². The lowest BCUT2D eigenvalue weighted by Gasteiger charge is -2.34. The van der Waals surface area contributed by atoms with Crippen molar-refractivity contribution >= 4 is 27.4 Å². The van der Waals surface area contributed by atoms with Gasteiger partial charge in [-0.05, 0) is 48.7 Å². The molecular formula is C24H19NO7S. The van der Waals surface area contributed by atoms with Crippen LogP contribution >= 0.6 is 0 Å². The topological polar surface area (TPSA) is 102 Å². The summed E-state index contributed by atoms with van der Waals surface area (Å²) in [5.41, 5.74) is 2.79. The maximum absolute atomic E-state index is 13.8. The quantitative estimate of drug-likeness (QED) is 0.562. The first-order valence-corrected chi connectivity index (χ1v) is 11.5. The van der Waals surface area contributed by atoms with Gasteiger partial charge in [0, 0.05) is 5.56 Å². The van der Waals surface area contributed by atoms with Gasteiger partial charge in [-0.15, -0.1) is 0 Å². The molecule has 0 saturated carbocycles. The fourth-order valence-corrected chi connectivity index (χ4v) is 5.95. The highest BCUT2D eigenvalue weighted by Crippen LogP contribution is 2.46. The number of hydrogen-bond donors (Lipinski definition) is 1. The van der Waals surface area contributed by atoms with Gasteiger partial charge in [0.2, 0.25) is 12.7 Å². The standard InChI is InChI=1S/C24H19NO7S/c1-14-6-5-7-15(2)22(14)25-23(32-24(26)27)21(16-10-11-18-19(12-16)31-13-30-18)17-8-3-4-9-20(17)33(25,28)29/h3-12H,13H2,1-2H3,(H,26,27). The van der Waals surface area contributed by atoms with Crippen LogP contribution in [0.25, 0.3) is 5.57 Å². The van der Waals surface area contributed by atoms with Crippen LogP contribution < -0.4 is 13.8 Å². The van der Waals surface area contributed by atoms with Crippen LogP contribution in [0.3, 0.4) is 0 Å². The minimum absolute atomic E-state index is 0.0399. The van der Waals surface area contributed by atoms with Crippen molar-refractivity contribution in [3.05, 3.63) is 88.8 Å². The van der Waals surface area contributed by atoms with E-state index in [0.29, 0.717) is 45.0 Å². The van der Waals surface area contributed by atoms with Gasteiger partial charge in [0.25, 0.3) is 10.0 Å². The van der Waals surface area contributed by atoms with E-state index < -0.39 is 16.2 Å². The van der Waals surface area contributed by atoms with Gasteiger partial charge >= 0.3 is 6.16 Å². The molecule has 1 N–H and O–H groups in total. The molecule has 3 aromatic carbocycles. The largest absolute Gasteiger partial charge is 0.512 e. The second kappa shape index (κ2) is 7.56. The number of ether oxygens (including phenoxy) is 3. The third kappa shape index (κ3) is 3.28. The fraction of sp³-hybridized carbons (Fsp3) is 0.125. The Hall–Kier alpha value is -3.98. The summed E-state index contributed by atoms with van der Waals surface area (Å²) >= 11 is 0. The van der Waals surface area contributed by atoms with Crippen molar-refractivity contribution < 1.29 is 32.5 Å². The van der Waals surface area contributed by atoms with Gasteiger partial charge in [-0.25, -0.2) is 17.5 Å². The van der Waals surface area contributed by atoms with E-state index in [4.69, 9.17) is 14.2 Å². The smallest absolute Gasteiger partial charge is 0.454 e. The number of aryl methyl sites for hydroxylation is 2. The summed E-state index contributed by atoms with van der Waals surface area (Å²) in [4.78, 5) is 11.8. The molecule has 0 bridgehead atoms. The molecule has 0 unspecified atom stereocenters. The third-order valence-corrected chi connectivity index (χ3v) is 7.30. The summed E-state index contributed by atoms with van der Waals surface area (Å²) in [6.07, 6.45) is -1.63. The average Bonchev–Trinajstić information content (AvgIpc) is 3.23. The molecule has 3 aromatic rings. The molecule has 0 aliphatic carbocycles. The van der Waals surface area contributed by atoms with Crippen LogP contribution in [0.4, 0.5) is 10.5 Å². The van der Waals surface area contributed by atoms with E-state index in [1.54, 1.807) is 68.4 Å². The Labute approximate surface area is 190 Å². The summed E-state index contributed by atoms with van der Waals surface area (Å²) < 4.78 is 44.8. The van der Waals surface area contributed by atoms with Crippen LogP contribution in [0.2, 0.25) is 0 Å². The first-order valence-electron chi connectivity index (χ1n) is 10.0. The second-order valence-corrected chi connectivity index (χ2v) is 9.38. The number of para-hydroxylation sites is 1. The molecule has 2 aliphatic heterocycles. The van der Waals surface area contributed by atoms with E-state index in [1.807, 2.05) is 0 Å². The van der Waals surface area contributed by atoms with Crippen molar-refractivity contribution in [2.45, 2.75) is 18.7 Å². The van der Waals surface area contributed by atoms with Gasteiger partial charge in [0.1, 0.15) is 0 Å². The molecule has 0 atom stereocenters. The molecule has 0 spiro atoms. The van der Waals surface area contributed by atoms with Gasteiger partial charge < -0.3 is 19.3 Å². The van der Waals surface area contributed by atoms with Gasteiger partial charge in [-0.3, -0.25) is 0 Å². The number of carboxylic acid groups (broad SMARTS) is 1. The Morgan fingerprint density at radius 1 is 0.970 bits per heavy atom. The third-order valence-electron chi connectivity index (χ3n) is 5.56. The second-order valence-electron chi connectivity index (χ2n) is 7.62. The van der Waals surface area contributed by atoms with Gasteiger partial charge in [0.05, 0.1) is 16.2 Å². The van der Waals surface area contributed by atoms with Crippen LogP contribution in [0.15, 0.2) is 71.4 Å². The Bertz CT molecular complexity index is 1420. The monoisotopic (exact) mass is 465 g/mol. The number of anilines is 1. The molecule has 2 heterocycles. The number of rotatable bonds is 3. The maximum Gasteiger partial charge on any atom is 0.512 e. The van der Waals surface area contributed by atoms with E-state index in [9.17, 15) is 18.3 Å². The first kappa shape index (κ1) is 20.9. The molecule has 0 radical (unpaired) electrons. The zero-order valence-electron chi connectivity index (χ0n) is 17.7. The zero-order valence-corrected chi connectivity index (χ0v) is 18.5. The average molecular weight is 465 g/mol. The van der Waals surface area contributed by atoms with Crippen LogP contribution in [-0.4, -0.2) is 26.5 Å². The molecule has 2 aliphatic rings. The molecule has 33 heavy (non-hydrogen) atoms. The fourth-order valence-electron chi connectivity index (χ4n) is 4.18. The highest BCUT2D eigenvalue weighted by molar-refractivity contribution is 7.93. The van der Waals surface area contributed by atoms with E-state index in [2.05, 4.69) is 0 Å². The summed E-state index contributed by atoms with van der Waals surface area (Å²) in [7, 11) is -4.20. The molecule has 9 heteroatoms. The van der Waals surface area contributed by atoms with E-state index in [-0.39, 0.29) is 17.6 Å². The van der Waals surface area contributed by atoms with Crippen molar-refractivity contribution in [1.29, 1.82) is 0 Å². The predicted molar refractivity (Wildman–Crippen MR) is 120 cm³/mol. The molecule has 0 amide bonds. The number of hydrogen-bond acceptors (Lipinski definition) is 6. The highest BCUT2D eigenvalue weighted by atomic mass is 32.2. The minimum atomic E-state index is -4.20. The van der Waals surface area contributed by atoms with E-state index >= 15 is 0 Å². The zero-order chi connectivity index (χ0) is 23.3. The number of nitrogens with zero attached hydrogens (tertiary/aromatic N) is 1. The Morgan fingerprint density at radius 2 is 1.67 bits per heavy atom. The van der Waals surface area contributed by atoms with Crippen LogP contribution in [0.1, 0.15) is 22.3 Å². The van der Waals surface area contributed by atoms with Crippen LogP contribution in [-0.2, 0) is 14.8 Å². The van der Waals surface area contributed by atoms with Gasteiger partial charge in [0.15, 0.2) is 11.5 Å². The highest BCUT2D eigenvalue weighted by Gasteiger charge is 2.42. The molecule has 0 fully saturated rings. The number of sulfonamides is 1. The van der Waals surface area contributed by atoms with Crippen LogP contribution in [0, 0.1) is 13.8 Å². The maximum atomic E-state index is 13.8.